The normalized spacial score (nSPS) is 7.00. The van der Waals surface area contributed by atoms with Gasteiger partial charge in [0, 0.05) is 0 Å². The van der Waals surface area contributed by atoms with Crippen molar-refractivity contribution in [1.82, 2.24) is 0 Å². The van der Waals surface area contributed by atoms with Crippen molar-refractivity contribution in [2.24, 2.45) is 5.73 Å². The molecule has 0 aliphatic rings. The quantitative estimate of drug-likeness (QED) is 0.546. The van der Waals surface area contributed by atoms with Gasteiger partial charge in [-0.2, -0.15) is 0 Å². The Bertz CT molecular complexity index is 22.0. The van der Waals surface area contributed by atoms with Gasteiger partial charge in [0.05, 0.1) is 0 Å². The average Bonchev–Trinajstić information content (AvgIpc) is 1.41. The van der Waals surface area contributed by atoms with E-state index in [0.717, 1.165) is 0 Å². The van der Waals surface area contributed by atoms with Crippen LogP contribution < -0.4 is 5.73 Å². The Morgan fingerprint density at radius 2 is 1.50 bits per heavy atom. The van der Waals surface area contributed by atoms with Gasteiger partial charge in [0.2, 0.25) is 0 Å². The number of hydrogen-bond donors (Lipinski definition) is 1. The third kappa shape index (κ3) is 220. The molecule has 0 fully saturated rings. The van der Waals surface area contributed by atoms with Crippen LogP contribution in [-0.2, 0) is 24.3 Å². The van der Waals surface area contributed by atoms with E-state index in [9.17, 15) is 0 Å². The molecule has 43 valence electrons. The second-order valence-electron chi connectivity index (χ2n) is 1.24. The molecular formula is C3H9AgNO. The van der Waals surface area contributed by atoms with E-state index in [1.807, 2.05) is 13.8 Å². The van der Waals surface area contributed by atoms with E-state index >= 15 is 0 Å². The SMILES string of the molecule is CC(C)N.[O]=[Ag]. The van der Waals surface area contributed by atoms with Crippen LogP contribution in [0.5, 0.6) is 0 Å². The molecule has 0 amide bonds. The molecule has 6 heavy (non-hydrogen) atoms. The van der Waals surface area contributed by atoms with Gasteiger partial charge in [-0.05, 0) is 6.04 Å². The van der Waals surface area contributed by atoms with Gasteiger partial charge in [-0.3, -0.25) is 0 Å². The van der Waals surface area contributed by atoms with Crippen LogP contribution in [0.15, 0.2) is 0 Å². The molecule has 0 aromatic rings. The fourth-order valence-electron chi connectivity index (χ4n) is 0. The summed E-state index contributed by atoms with van der Waals surface area (Å²) in [6, 6.07) is 0.333. The summed E-state index contributed by atoms with van der Waals surface area (Å²) in [5.41, 5.74) is 5.11. The van der Waals surface area contributed by atoms with Crippen LogP contribution in [0.3, 0.4) is 0 Å². The van der Waals surface area contributed by atoms with Crippen LogP contribution in [0.2, 0.25) is 0 Å². The number of nitrogens with two attached hydrogens (primary N) is 1. The summed E-state index contributed by atoms with van der Waals surface area (Å²) in [5, 5.41) is 0. The molecule has 2 N–H and O–H groups in total. The molecular weight excluding hydrogens is 174 g/mol. The predicted octanol–water partition coefficient (Wildman–Crippen LogP) is 0.232. The Morgan fingerprint density at radius 1 is 1.50 bits per heavy atom. The molecule has 0 radical (unpaired) electrons. The van der Waals surface area contributed by atoms with Crippen molar-refractivity contribution in [3.8, 4) is 0 Å². The van der Waals surface area contributed by atoms with Crippen molar-refractivity contribution in [1.29, 1.82) is 0 Å². The third-order valence-corrected chi connectivity index (χ3v) is 0. The third-order valence-electron chi connectivity index (χ3n) is 0. The van der Waals surface area contributed by atoms with Crippen LogP contribution in [-0.4, -0.2) is 6.04 Å². The summed E-state index contributed by atoms with van der Waals surface area (Å²) >= 11 is 1.70. The van der Waals surface area contributed by atoms with Crippen molar-refractivity contribution < 1.29 is 24.3 Å². The van der Waals surface area contributed by atoms with Crippen LogP contribution >= 0.6 is 0 Å². The Morgan fingerprint density at radius 3 is 1.50 bits per heavy atom. The standard InChI is InChI=1S/C3H9N.Ag.O/c1-3(2)4;;/h3H,4H2,1-2H3;;. The van der Waals surface area contributed by atoms with Gasteiger partial charge in [-0.25, -0.2) is 0 Å². The van der Waals surface area contributed by atoms with Crippen molar-refractivity contribution in [3.63, 3.8) is 0 Å². The van der Waals surface area contributed by atoms with E-state index in [-0.39, 0.29) is 0 Å². The van der Waals surface area contributed by atoms with Crippen molar-refractivity contribution in [2.75, 3.05) is 0 Å². The minimum absolute atomic E-state index is 0.333. The van der Waals surface area contributed by atoms with Crippen LogP contribution in [0.1, 0.15) is 13.8 Å². The molecule has 3 heteroatoms. The van der Waals surface area contributed by atoms with Crippen molar-refractivity contribution in [3.05, 3.63) is 0 Å². The first-order valence-corrected chi connectivity index (χ1v) is 2.22. The predicted molar refractivity (Wildman–Crippen MR) is 20.0 cm³/mol. The second kappa shape index (κ2) is 9.09. The van der Waals surface area contributed by atoms with Gasteiger partial charge in [0.15, 0.2) is 0 Å². The summed E-state index contributed by atoms with van der Waals surface area (Å²) in [6.07, 6.45) is 0. The molecule has 0 rings (SSSR count). The fourth-order valence-corrected chi connectivity index (χ4v) is 0. The summed E-state index contributed by atoms with van der Waals surface area (Å²) in [7, 11) is 0. The van der Waals surface area contributed by atoms with E-state index in [1.165, 1.54) is 0 Å². The average molecular weight is 183 g/mol. The molecule has 0 saturated carbocycles. The fraction of sp³-hybridized carbons (Fsp3) is 1.00. The van der Waals surface area contributed by atoms with Crippen LogP contribution in [0.25, 0.3) is 0 Å². The zero-order valence-corrected chi connectivity index (χ0v) is 5.35. The van der Waals surface area contributed by atoms with Crippen molar-refractivity contribution in [2.45, 2.75) is 19.9 Å². The van der Waals surface area contributed by atoms with E-state index in [2.05, 4.69) is 0 Å². The zero-order chi connectivity index (χ0) is 5.58. The van der Waals surface area contributed by atoms with Gasteiger partial charge in [0.1, 0.15) is 0 Å². The zero-order valence-electron chi connectivity index (χ0n) is 3.86. The van der Waals surface area contributed by atoms with E-state index in [4.69, 9.17) is 8.98 Å². The van der Waals surface area contributed by atoms with Gasteiger partial charge in [-0.1, -0.05) is 13.8 Å². The molecule has 0 aliphatic heterocycles. The number of rotatable bonds is 0. The van der Waals surface area contributed by atoms with Crippen LogP contribution in [0.4, 0.5) is 0 Å². The first kappa shape index (κ1) is 9.71. The maximum atomic E-state index is 8.06. The second-order valence-corrected chi connectivity index (χ2v) is 1.24. The molecule has 0 unspecified atom stereocenters. The Labute approximate surface area is 50.4 Å². The maximum absolute atomic E-state index is 8.06. The van der Waals surface area contributed by atoms with Gasteiger partial charge < -0.3 is 5.73 Å². The molecule has 0 bridgehead atoms. The van der Waals surface area contributed by atoms with Gasteiger partial charge >= 0.3 is 24.3 Å². The molecule has 0 spiro atoms. The van der Waals surface area contributed by atoms with Crippen LogP contribution in [0, 0.1) is 0 Å². The first-order valence-electron chi connectivity index (χ1n) is 1.61. The van der Waals surface area contributed by atoms with E-state index in [1.54, 1.807) is 21.0 Å². The summed E-state index contributed by atoms with van der Waals surface area (Å²) in [5.74, 6) is 0. The molecule has 0 aromatic carbocycles. The number of hydrogen-bond acceptors (Lipinski definition) is 2. The van der Waals surface area contributed by atoms with E-state index in [0.29, 0.717) is 6.04 Å². The Kier molecular flexibility index (Phi) is 14.7. The summed E-state index contributed by atoms with van der Waals surface area (Å²) < 4.78 is 8.06. The monoisotopic (exact) mass is 182 g/mol. The molecule has 0 aromatic heterocycles. The Hall–Kier alpha value is 0.500. The van der Waals surface area contributed by atoms with Gasteiger partial charge in [-0.15, -0.1) is 0 Å². The van der Waals surface area contributed by atoms with Crippen molar-refractivity contribution >= 4 is 0 Å². The molecule has 0 atom stereocenters. The summed E-state index contributed by atoms with van der Waals surface area (Å²) in [6.45, 7) is 3.89. The molecule has 2 nitrogen and oxygen atoms in total. The molecule has 0 heterocycles. The van der Waals surface area contributed by atoms with E-state index < -0.39 is 0 Å². The first-order chi connectivity index (χ1) is 2.73. The molecule has 0 aliphatic carbocycles. The Balaban J connectivity index is 0. The summed E-state index contributed by atoms with van der Waals surface area (Å²) in [4.78, 5) is 0. The topological polar surface area (TPSA) is 43.1 Å². The minimum atomic E-state index is 0.333. The van der Waals surface area contributed by atoms with Gasteiger partial charge in [0.25, 0.3) is 0 Å². The molecule has 0 saturated heterocycles.